The van der Waals surface area contributed by atoms with Gasteiger partial charge in [-0.2, -0.15) is 0 Å². The van der Waals surface area contributed by atoms with Crippen LogP contribution in [-0.2, 0) is 4.74 Å². The quantitative estimate of drug-likeness (QED) is 0.420. The van der Waals surface area contributed by atoms with E-state index in [1.807, 2.05) is 6.92 Å². The van der Waals surface area contributed by atoms with E-state index in [2.05, 4.69) is 5.32 Å². The van der Waals surface area contributed by atoms with Crippen LogP contribution in [0.2, 0.25) is 0 Å². The van der Waals surface area contributed by atoms with Gasteiger partial charge in [-0.1, -0.05) is 6.92 Å². The van der Waals surface area contributed by atoms with Crippen LogP contribution in [0.5, 0.6) is 0 Å². The molecule has 0 amide bonds. The molecule has 0 saturated heterocycles. The maximum atomic E-state index is 8.61. The summed E-state index contributed by atoms with van der Waals surface area (Å²) in [5.74, 6) is 0. The highest BCUT2D eigenvalue weighted by Gasteiger charge is 2.02. The Morgan fingerprint density at radius 2 is 2.20 bits per heavy atom. The third kappa shape index (κ3) is 4.69. The van der Waals surface area contributed by atoms with Crippen LogP contribution in [0.25, 0.3) is 0 Å². The molecule has 0 aromatic carbocycles. The lowest BCUT2D eigenvalue weighted by molar-refractivity contribution is -0.0209. The molecule has 1 unspecified atom stereocenters. The van der Waals surface area contributed by atoms with Crippen LogP contribution in [0.4, 0.5) is 0 Å². The van der Waals surface area contributed by atoms with Gasteiger partial charge in [0.2, 0.25) is 0 Å². The Kier molecular flexibility index (Phi) is 6.84. The van der Waals surface area contributed by atoms with E-state index in [9.17, 15) is 0 Å². The van der Waals surface area contributed by atoms with Gasteiger partial charge in [-0.15, -0.1) is 0 Å². The van der Waals surface area contributed by atoms with E-state index >= 15 is 0 Å². The van der Waals surface area contributed by atoms with E-state index in [4.69, 9.17) is 14.9 Å². The molecule has 62 valence electrons. The number of likely N-dealkylation sites (N-methyl/N-ethyl adjacent to an activating group) is 1. The molecule has 0 saturated carbocycles. The number of hydrogen-bond acceptors (Lipinski definition) is 4. The van der Waals surface area contributed by atoms with Gasteiger partial charge in [-0.25, -0.2) is 0 Å². The third-order valence-corrected chi connectivity index (χ3v) is 1.01. The highest BCUT2D eigenvalue weighted by atomic mass is 16.5. The molecule has 0 aliphatic carbocycles. The number of rotatable bonds is 6. The summed E-state index contributed by atoms with van der Waals surface area (Å²) in [6.07, 6.45) is -0.336. The highest BCUT2D eigenvalue weighted by Crippen LogP contribution is 1.83. The zero-order chi connectivity index (χ0) is 7.82. The first kappa shape index (κ1) is 9.84. The maximum Gasteiger partial charge on any atom is 0.131 e. The van der Waals surface area contributed by atoms with Crippen molar-refractivity contribution in [2.24, 2.45) is 0 Å². The van der Waals surface area contributed by atoms with Gasteiger partial charge >= 0.3 is 0 Å². The van der Waals surface area contributed by atoms with Gasteiger partial charge in [0.15, 0.2) is 0 Å². The van der Waals surface area contributed by atoms with Gasteiger partial charge in [-0.05, 0) is 6.54 Å². The first-order valence-electron chi connectivity index (χ1n) is 3.41. The Morgan fingerprint density at radius 1 is 1.50 bits per heavy atom. The summed E-state index contributed by atoms with van der Waals surface area (Å²) in [5, 5.41) is 19.8. The number of aliphatic hydroxyl groups excluding tert-OH is 2. The lowest BCUT2D eigenvalue weighted by Gasteiger charge is -2.14. The minimum Gasteiger partial charge on any atom is -0.394 e. The molecule has 0 rings (SSSR count). The second-order valence-corrected chi connectivity index (χ2v) is 1.82. The minimum atomic E-state index is -0.336. The molecule has 0 fully saturated rings. The van der Waals surface area contributed by atoms with Crippen molar-refractivity contribution < 1.29 is 14.9 Å². The van der Waals surface area contributed by atoms with E-state index in [1.54, 1.807) is 0 Å². The number of hydrogen-bond donors (Lipinski definition) is 3. The van der Waals surface area contributed by atoms with Gasteiger partial charge in [0.25, 0.3) is 0 Å². The molecule has 4 nitrogen and oxygen atoms in total. The van der Waals surface area contributed by atoms with Gasteiger partial charge in [0.05, 0.1) is 19.8 Å². The summed E-state index contributed by atoms with van der Waals surface area (Å²) < 4.78 is 4.97. The zero-order valence-electron chi connectivity index (χ0n) is 6.21. The molecule has 0 aliphatic heterocycles. The van der Waals surface area contributed by atoms with Crippen LogP contribution >= 0.6 is 0 Å². The van der Waals surface area contributed by atoms with Gasteiger partial charge in [-0.3, -0.25) is 5.32 Å². The topological polar surface area (TPSA) is 61.7 Å². The molecule has 0 aromatic rings. The Labute approximate surface area is 60.8 Å². The van der Waals surface area contributed by atoms with Crippen molar-refractivity contribution in [2.45, 2.75) is 13.2 Å². The third-order valence-electron chi connectivity index (χ3n) is 1.01. The summed E-state index contributed by atoms with van der Waals surface area (Å²) in [7, 11) is 0. The Balaban J connectivity index is 3.21. The van der Waals surface area contributed by atoms with Crippen LogP contribution in [0.15, 0.2) is 0 Å². The molecule has 1 atom stereocenters. The summed E-state index contributed by atoms with van der Waals surface area (Å²) >= 11 is 0. The van der Waals surface area contributed by atoms with E-state index in [0.717, 1.165) is 6.54 Å². The predicted molar refractivity (Wildman–Crippen MR) is 37.6 cm³/mol. The van der Waals surface area contributed by atoms with Crippen molar-refractivity contribution in [3.05, 3.63) is 0 Å². The lowest BCUT2D eigenvalue weighted by atomic mass is 10.5. The number of ether oxygens (including phenoxy) is 1. The minimum absolute atomic E-state index is 0.0120. The molecule has 0 aliphatic rings. The number of nitrogens with one attached hydrogen (secondary N) is 1. The van der Waals surface area contributed by atoms with Crippen LogP contribution in [0.1, 0.15) is 6.92 Å². The lowest BCUT2D eigenvalue weighted by Crippen LogP contribution is -2.35. The van der Waals surface area contributed by atoms with E-state index < -0.39 is 0 Å². The fourth-order valence-electron chi connectivity index (χ4n) is 0.599. The van der Waals surface area contributed by atoms with Crippen molar-refractivity contribution >= 4 is 0 Å². The molecule has 0 heterocycles. The van der Waals surface area contributed by atoms with Crippen LogP contribution in [-0.4, -0.2) is 42.8 Å². The summed E-state index contributed by atoms with van der Waals surface area (Å²) in [4.78, 5) is 0. The fraction of sp³-hybridized carbons (Fsp3) is 1.00. The highest BCUT2D eigenvalue weighted by molar-refractivity contribution is 4.49. The van der Waals surface area contributed by atoms with Crippen LogP contribution in [0.3, 0.4) is 0 Å². The largest absolute Gasteiger partial charge is 0.394 e. The van der Waals surface area contributed by atoms with Crippen molar-refractivity contribution in [1.82, 2.24) is 5.32 Å². The molecular weight excluding hydrogens is 134 g/mol. The van der Waals surface area contributed by atoms with Crippen LogP contribution < -0.4 is 5.32 Å². The summed E-state index contributed by atoms with van der Waals surface area (Å²) in [6, 6.07) is 0. The molecular formula is C6H15NO3. The first-order chi connectivity index (χ1) is 4.85. The monoisotopic (exact) mass is 149 g/mol. The van der Waals surface area contributed by atoms with Crippen molar-refractivity contribution in [2.75, 3.05) is 26.4 Å². The van der Waals surface area contributed by atoms with Gasteiger partial charge in [0, 0.05) is 0 Å². The fourth-order valence-corrected chi connectivity index (χ4v) is 0.599. The van der Waals surface area contributed by atoms with E-state index in [1.165, 1.54) is 0 Å². The van der Waals surface area contributed by atoms with E-state index in [-0.39, 0.29) is 26.0 Å². The SMILES string of the molecule is CCNC(CO)OCCO. The molecule has 10 heavy (non-hydrogen) atoms. The Bertz CT molecular complexity index is 70.0. The van der Waals surface area contributed by atoms with Gasteiger partial charge < -0.3 is 14.9 Å². The van der Waals surface area contributed by atoms with Crippen LogP contribution in [0, 0.1) is 0 Å². The Morgan fingerprint density at radius 3 is 2.60 bits per heavy atom. The molecule has 4 heteroatoms. The summed E-state index contributed by atoms with van der Waals surface area (Å²) in [5.41, 5.74) is 0. The first-order valence-corrected chi connectivity index (χ1v) is 3.41. The van der Waals surface area contributed by atoms with Crippen molar-refractivity contribution in [3.8, 4) is 0 Å². The molecule has 3 N–H and O–H groups in total. The normalized spacial score (nSPS) is 13.5. The van der Waals surface area contributed by atoms with Gasteiger partial charge in [0.1, 0.15) is 6.23 Å². The average Bonchev–Trinajstić information content (AvgIpc) is 1.98. The maximum absolute atomic E-state index is 8.61. The molecule has 0 spiro atoms. The average molecular weight is 149 g/mol. The second kappa shape index (κ2) is 6.95. The zero-order valence-corrected chi connectivity index (χ0v) is 6.21. The van der Waals surface area contributed by atoms with Crippen molar-refractivity contribution in [1.29, 1.82) is 0 Å². The van der Waals surface area contributed by atoms with E-state index in [0.29, 0.717) is 0 Å². The standard InChI is InChI=1S/C6H15NO3/c1-2-7-6(5-9)10-4-3-8/h6-9H,2-5H2,1H3. The second-order valence-electron chi connectivity index (χ2n) is 1.82. The molecule has 0 bridgehead atoms. The number of aliphatic hydroxyl groups is 2. The Hall–Kier alpha value is -0.160. The molecule has 0 radical (unpaired) electrons. The predicted octanol–water partition coefficient (Wildman–Crippen LogP) is -1.08. The smallest absolute Gasteiger partial charge is 0.131 e. The molecule has 0 aromatic heterocycles. The van der Waals surface area contributed by atoms with Crippen molar-refractivity contribution in [3.63, 3.8) is 0 Å². The summed E-state index contributed by atoms with van der Waals surface area (Å²) in [6.45, 7) is 2.86.